The van der Waals surface area contributed by atoms with Crippen LogP contribution in [0.3, 0.4) is 0 Å². The molecule has 0 heterocycles. The molecule has 0 aliphatic rings. The van der Waals surface area contributed by atoms with Gasteiger partial charge in [0.2, 0.25) is 0 Å². The number of ether oxygens (including phenoxy) is 2. The lowest BCUT2D eigenvalue weighted by Gasteiger charge is -2.36. The summed E-state index contributed by atoms with van der Waals surface area (Å²) >= 11 is 0. The van der Waals surface area contributed by atoms with Gasteiger partial charge < -0.3 is 19.5 Å². The molecule has 2 atom stereocenters. The van der Waals surface area contributed by atoms with Crippen LogP contribution in [0.25, 0.3) is 0 Å². The Morgan fingerprint density at radius 2 is 1.53 bits per heavy atom. The highest BCUT2D eigenvalue weighted by atomic mass is 16.5. The van der Waals surface area contributed by atoms with E-state index in [1.165, 1.54) is 0 Å². The quantitative estimate of drug-likeness (QED) is 0.536. The second-order valence-corrected chi connectivity index (χ2v) is 6.86. The van der Waals surface area contributed by atoms with Crippen molar-refractivity contribution in [2.45, 2.75) is 25.6 Å². The van der Waals surface area contributed by atoms with E-state index in [0.717, 1.165) is 22.6 Å². The second-order valence-electron chi connectivity index (χ2n) is 6.86. The van der Waals surface area contributed by atoms with E-state index in [2.05, 4.69) is 0 Å². The fourth-order valence-electron chi connectivity index (χ4n) is 3.44. The monoisotopic (exact) mass is 405 g/mol. The van der Waals surface area contributed by atoms with Crippen molar-refractivity contribution in [3.8, 4) is 5.75 Å². The number of hydrogen-bond acceptors (Lipinski definition) is 5. The van der Waals surface area contributed by atoms with Crippen molar-refractivity contribution in [2.24, 2.45) is 0 Å². The Balaban J connectivity index is 2.07. The van der Waals surface area contributed by atoms with Crippen molar-refractivity contribution in [1.82, 2.24) is 0 Å². The summed E-state index contributed by atoms with van der Waals surface area (Å²) in [6.07, 6.45) is -1.35. The van der Waals surface area contributed by atoms with Crippen molar-refractivity contribution in [1.29, 1.82) is 0 Å². The standard InChI is InChI=1S/C25H27NO4/c1-3-30-25(28)24(27)23(20-12-8-5-9-13-20)26(18-19-10-6-4-7-11-19)21-14-16-22(29-2)17-15-21/h4-17,23-24,27H,3,18H2,1-2H3/t23-,24+/m0/s1. The van der Waals surface area contributed by atoms with Gasteiger partial charge in [-0.25, -0.2) is 4.79 Å². The summed E-state index contributed by atoms with van der Waals surface area (Å²) in [7, 11) is 1.62. The molecule has 3 aromatic rings. The Kier molecular flexibility index (Phi) is 7.46. The summed E-state index contributed by atoms with van der Waals surface area (Å²) in [6.45, 7) is 2.44. The maximum Gasteiger partial charge on any atom is 0.337 e. The highest BCUT2D eigenvalue weighted by molar-refractivity contribution is 5.76. The lowest BCUT2D eigenvalue weighted by atomic mass is 9.97. The fourth-order valence-corrected chi connectivity index (χ4v) is 3.44. The van der Waals surface area contributed by atoms with Crippen LogP contribution in [0.15, 0.2) is 84.9 Å². The molecule has 5 heteroatoms. The van der Waals surface area contributed by atoms with Crippen LogP contribution in [0.2, 0.25) is 0 Å². The molecule has 3 aromatic carbocycles. The minimum Gasteiger partial charge on any atom is -0.497 e. The largest absolute Gasteiger partial charge is 0.497 e. The van der Waals surface area contributed by atoms with E-state index < -0.39 is 18.1 Å². The molecule has 0 aliphatic heterocycles. The molecule has 3 rings (SSSR count). The number of benzene rings is 3. The van der Waals surface area contributed by atoms with Gasteiger partial charge in [-0.05, 0) is 42.3 Å². The van der Waals surface area contributed by atoms with Crippen LogP contribution >= 0.6 is 0 Å². The van der Waals surface area contributed by atoms with E-state index >= 15 is 0 Å². The maximum atomic E-state index is 12.5. The summed E-state index contributed by atoms with van der Waals surface area (Å²) in [5.41, 5.74) is 2.74. The lowest BCUT2D eigenvalue weighted by Crippen LogP contribution is -2.41. The molecule has 0 radical (unpaired) electrons. The highest BCUT2D eigenvalue weighted by Crippen LogP contribution is 2.33. The third kappa shape index (κ3) is 5.19. The van der Waals surface area contributed by atoms with Gasteiger partial charge in [-0.1, -0.05) is 60.7 Å². The number of anilines is 1. The number of rotatable bonds is 9. The molecular weight excluding hydrogens is 378 g/mol. The summed E-state index contributed by atoms with van der Waals surface area (Å²) < 4.78 is 10.4. The van der Waals surface area contributed by atoms with Crippen LogP contribution in [-0.4, -0.2) is 30.9 Å². The zero-order valence-electron chi connectivity index (χ0n) is 17.3. The van der Waals surface area contributed by atoms with Gasteiger partial charge in [-0.15, -0.1) is 0 Å². The van der Waals surface area contributed by atoms with Gasteiger partial charge in [-0.3, -0.25) is 0 Å². The molecule has 0 bridgehead atoms. The zero-order chi connectivity index (χ0) is 21.3. The third-order valence-corrected chi connectivity index (χ3v) is 4.90. The molecule has 0 amide bonds. The molecule has 0 aliphatic carbocycles. The average Bonchev–Trinajstić information content (AvgIpc) is 2.80. The Labute approximate surface area is 177 Å². The molecule has 0 aromatic heterocycles. The van der Waals surface area contributed by atoms with Crippen molar-refractivity contribution >= 4 is 11.7 Å². The van der Waals surface area contributed by atoms with Crippen molar-refractivity contribution in [3.05, 3.63) is 96.1 Å². The van der Waals surface area contributed by atoms with Crippen molar-refractivity contribution in [2.75, 3.05) is 18.6 Å². The van der Waals surface area contributed by atoms with Gasteiger partial charge in [0.25, 0.3) is 0 Å². The molecule has 0 spiro atoms. The first-order valence-corrected chi connectivity index (χ1v) is 9.98. The van der Waals surface area contributed by atoms with Gasteiger partial charge >= 0.3 is 5.97 Å². The van der Waals surface area contributed by atoms with E-state index in [1.54, 1.807) is 14.0 Å². The average molecular weight is 405 g/mol. The summed E-state index contributed by atoms with van der Waals surface area (Å²) in [4.78, 5) is 14.5. The van der Waals surface area contributed by atoms with Crippen LogP contribution in [0.1, 0.15) is 24.1 Å². The molecule has 0 unspecified atom stereocenters. The Hall–Kier alpha value is -3.31. The molecule has 30 heavy (non-hydrogen) atoms. The highest BCUT2D eigenvalue weighted by Gasteiger charge is 2.34. The van der Waals surface area contributed by atoms with Gasteiger partial charge in [0, 0.05) is 12.2 Å². The van der Waals surface area contributed by atoms with Gasteiger partial charge in [-0.2, -0.15) is 0 Å². The summed E-state index contributed by atoms with van der Waals surface area (Å²) in [6, 6.07) is 26.4. The first kappa shape index (κ1) is 21.4. The summed E-state index contributed by atoms with van der Waals surface area (Å²) in [5.74, 6) is 0.0959. The minimum atomic E-state index is -1.35. The third-order valence-electron chi connectivity index (χ3n) is 4.90. The van der Waals surface area contributed by atoms with E-state index in [1.807, 2.05) is 89.8 Å². The molecular formula is C25H27NO4. The van der Waals surface area contributed by atoms with Gasteiger partial charge in [0.05, 0.1) is 19.8 Å². The number of aliphatic hydroxyl groups is 1. The lowest BCUT2D eigenvalue weighted by molar-refractivity contribution is -0.154. The topological polar surface area (TPSA) is 59.0 Å². The van der Waals surface area contributed by atoms with Crippen LogP contribution in [0.4, 0.5) is 5.69 Å². The van der Waals surface area contributed by atoms with E-state index in [-0.39, 0.29) is 6.61 Å². The van der Waals surface area contributed by atoms with Gasteiger partial charge in [0.1, 0.15) is 5.75 Å². The second kappa shape index (κ2) is 10.5. The first-order valence-electron chi connectivity index (χ1n) is 9.98. The minimum absolute atomic E-state index is 0.207. The van der Waals surface area contributed by atoms with E-state index in [9.17, 15) is 9.90 Å². The number of aliphatic hydroxyl groups excluding tert-OH is 1. The van der Waals surface area contributed by atoms with Crippen LogP contribution in [0.5, 0.6) is 5.75 Å². The predicted molar refractivity (Wildman–Crippen MR) is 117 cm³/mol. The Morgan fingerprint density at radius 3 is 2.10 bits per heavy atom. The van der Waals surface area contributed by atoms with E-state index in [0.29, 0.717) is 6.54 Å². The smallest absolute Gasteiger partial charge is 0.337 e. The number of hydrogen-bond donors (Lipinski definition) is 1. The molecule has 5 nitrogen and oxygen atoms in total. The predicted octanol–water partition coefficient (Wildman–Crippen LogP) is 4.37. The maximum absolute atomic E-state index is 12.5. The normalized spacial score (nSPS) is 12.6. The van der Waals surface area contributed by atoms with Crippen LogP contribution < -0.4 is 9.64 Å². The van der Waals surface area contributed by atoms with Crippen molar-refractivity contribution in [3.63, 3.8) is 0 Å². The number of methoxy groups -OCH3 is 1. The van der Waals surface area contributed by atoms with Crippen molar-refractivity contribution < 1.29 is 19.4 Å². The Morgan fingerprint density at radius 1 is 0.933 bits per heavy atom. The van der Waals surface area contributed by atoms with E-state index in [4.69, 9.17) is 9.47 Å². The first-order chi connectivity index (χ1) is 14.6. The van der Waals surface area contributed by atoms with Crippen LogP contribution in [0, 0.1) is 0 Å². The molecule has 0 saturated heterocycles. The molecule has 0 saturated carbocycles. The Bertz CT molecular complexity index is 913. The SMILES string of the molecule is CCOC(=O)[C@H](O)[C@H](c1ccccc1)N(Cc1ccccc1)c1ccc(OC)cc1. The van der Waals surface area contributed by atoms with Crippen LogP contribution in [-0.2, 0) is 16.1 Å². The fraction of sp³-hybridized carbons (Fsp3) is 0.240. The molecule has 156 valence electrons. The zero-order valence-corrected chi connectivity index (χ0v) is 17.3. The summed E-state index contributed by atoms with van der Waals surface area (Å²) in [5, 5.41) is 11.0. The number of esters is 1. The molecule has 0 fully saturated rings. The number of nitrogens with zero attached hydrogens (tertiary/aromatic N) is 1. The van der Waals surface area contributed by atoms with Gasteiger partial charge in [0.15, 0.2) is 6.10 Å². The molecule has 1 N–H and O–H groups in total. The number of carbonyl (C=O) groups excluding carboxylic acids is 1. The number of carbonyl (C=O) groups is 1.